The molecule has 0 fully saturated rings. The zero-order valence-corrected chi connectivity index (χ0v) is 11.3. The Morgan fingerprint density at radius 1 is 1.37 bits per heavy atom. The fraction of sp³-hybridized carbons (Fsp3) is 0.231. The van der Waals surface area contributed by atoms with Crippen molar-refractivity contribution in [3.8, 4) is 11.5 Å². The van der Waals surface area contributed by atoms with Crippen LogP contribution in [0.2, 0.25) is 5.02 Å². The summed E-state index contributed by atoms with van der Waals surface area (Å²) in [5, 5.41) is 4.93. The Hall–Kier alpha value is -1.88. The van der Waals surface area contributed by atoms with E-state index in [2.05, 4.69) is 10.1 Å². The van der Waals surface area contributed by atoms with Gasteiger partial charge < -0.3 is 4.57 Å². The Balaban J connectivity index is 2.24. The molecule has 0 saturated carbocycles. The lowest BCUT2D eigenvalue weighted by molar-refractivity contribution is 0.629. The van der Waals surface area contributed by atoms with Crippen LogP contribution in [-0.2, 0) is 13.6 Å². The molecule has 0 bridgehead atoms. The van der Waals surface area contributed by atoms with Gasteiger partial charge in [-0.25, -0.2) is 9.37 Å². The van der Waals surface area contributed by atoms with Crippen LogP contribution in [-0.4, -0.2) is 19.3 Å². The second kappa shape index (κ2) is 4.35. The molecule has 2 aromatic heterocycles. The van der Waals surface area contributed by atoms with Gasteiger partial charge in [-0.15, -0.1) is 0 Å². The average molecular weight is 279 g/mol. The lowest BCUT2D eigenvalue weighted by Gasteiger charge is -1.99. The number of aromatic nitrogens is 4. The van der Waals surface area contributed by atoms with Crippen molar-refractivity contribution in [1.82, 2.24) is 19.3 Å². The van der Waals surface area contributed by atoms with Crippen molar-refractivity contribution < 1.29 is 4.39 Å². The molecule has 0 N–H and O–H groups in total. The molecule has 0 aliphatic heterocycles. The molecule has 0 amide bonds. The Morgan fingerprint density at radius 2 is 2.16 bits per heavy atom. The van der Waals surface area contributed by atoms with Crippen molar-refractivity contribution >= 4 is 22.6 Å². The highest BCUT2D eigenvalue weighted by Gasteiger charge is 2.16. The first kappa shape index (κ1) is 12.2. The number of rotatable bonds is 2. The van der Waals surface area contributed by atoms with Crippen LogP contribution < -0.4 is 0 Å². The normalized spacial score (nSPS) is 11.4. The zero-order chi connectivity index (χ0) is 13.6. The third-order valence-corrected chi connectivity index (χ3v) is 3.37. The maximum atomic E-state index is 13.3. The first-order valence-electron chi connectivity index (χ1n) is 5.95. The van der Waals surface area contributed by atoms with Gasteiger partial charge in [0.05, 0.1) is 16.1 Å². The van der Waals surface area contributed by atoms with Gasteiger partial charge in [0.2, 0.25) is 0 Å². The molecular weight excluding hydrogens is 267 g/mol. The predicted octanol–water partition coefficient (Wildman–Crippen LogP) is 3.25. The van der Waals surface area contributed by atoms with E-state index in [0.717, 1.165) is 17.6 Å². The van der Waals surface area contributed by atoms with Crippen LogP contribution in [0.3, 0.4) is 0 Å². The number of fused-ring (bicyclic) bond motifs is 1. The topological polar surface area (TPSA) is 35.6 Å². The monoisotopic (exact) mass is 278 g/mol. The number of imidazole rings is 1. The van der Waals surface area contributed by atoms with Gasteiger partial charge in [-0.05, 0) is 25.1 Å². The smallest absolute Gasteiger partial charge is 0.163 e. The molecule has 0 aliphatic rings. The highest BCUT2D eigenvalue weighted by molar-refractivity contribution is 6.32. The molecule has 2 heterocycles. The number of nitrogens with zero attached hydrogens (tertiary/aromatic N) is 4. The van der Waals surface area contributed by atoms with Crippen molar-refractivity contribution in [2.24, 2.45) is 7.05 Å². The molecule has 0 spiro atoms. The summed E-state index contributed by atoms with van der Waals surface area (Å²) in [6.07, 6.45) is 1.76. The molecule has 3 aromatic rings. The van der Waals surface area contributed by atoms with E-state index >= 15 is 0 Å². The van der Waals surface area contributed by atoms with Gasteiger partial charge in [0, 0.05) is 19.8 Å². The van der Waals surface area contributed by atoms with E-state index in [9.17, 15) is 4.39 Å². The summed E-state index contributed by atoms with van der Waals surface area (Å²) < 4.78 is 16.8. The van der Waals surface area contributed by atoms with Crippen molar-refractivity contribution in [3.05, 3.63) is 35.2 Å². The lowest BCUT2D eigenvalue weighted by Crippen LogP contribution is -1.97. The molecule has 19 heavy (non-hydrogen) atoms. The van der Waals surface area contributed by atoms with Gasteiger partial charge in [-0.1, -0.05) is 11.6 Å². The summed E-state index contributed by atoms with van der Waals surface area (Å²) >= 11 is 6.18. The highest BCUT2D eigenvalue weighted by atomic mass is 35.5. The molecule has 0 aliphatic carbocycles. The minimum absolute atomic E-state index is 0.285. The second-order valence-electron chi connectivity index (χ2n) is 4.31. The van der Waals surface area contributed by atoms with Gasteiger partial charge in [0.1, 0.15) is 11.5 Å². The summed E-state index contributed by atoms with van der Waals surface area (Å²) in [6, 6.07) is 4.50. The third kappa shape index (κ3) is 1.90. The molecule has 98 valence electrons. The van der Waals surface area contributed by atoms with Gasteiger partial charge in [-0.3, -0.25) is 4.68 Å². The lowest BCUT2D eigenvalue weighted by atomic mass is 10.3. The first-order valence-corrected chi connectivity index (χ1v) is 6.33. The van der Waals surface area contributed by atoms with E-state index in [0.29, 0.717) is 16.5 Å². The van der Waals surface area contributed by atoms with Gasteiger partial charge >= 0.3 is 0 Å². The summed E-state index contributed by atoms with van der Waals surface area (Å²) in [5.74, 6) is 0.352. The van der Waals surface area contributed by atoms with Crippen LogP contribution in [0.25, 0.3) is 22.6 Å². The minimum Gasteiger partial charge on any atom is -0.326 e. The fourth-order valence-electron chi connectivity index (χ4n) is 2.09. The zero-order valence-electron chi connectivity index (χ0n) is 10.6. The SMILES string of the molecule is CCn1cc(Cl)c(-c2nc3ccc(F)cc3n2C)n1. The molecule has 0 radical (unpaired) electrons. The van der Waals surface area contributed by atoms with Crippen LogP contribution in [0.4, 0.5) is 4.39 Å². The van der Waals surface area contributed by atoms with E-state index in [4.69, 9.17) is 11.6 Å². The van der Waals surface area contributed by atoms with Crippen molar-refractivity contribution in [2.45, 2.75) is 13.5 Å². The van der Waals surface area contributed by atoms with Gasteiger partial charge in [-0.2, -0.15) is 5.10 Å². The van der Waals surface area contributed by atoms with Crippen LogP contribution >= 0.6 is 11.6 Å². The van der Waals surface area contributed by atoms with E-state index in [1.54, 1.807) is 21.5 Å². The van der Waals surface area contributed by atoms with E-state index in [1.165, 1.54) is 12.1 Å². The van der Waals surface area contributed by atoms with Crippen LogP contribution in [0.1, 0.15) is 6.92 Å². The third-order valence-electron chi connectivity index (χ3n) is 3.10. The maximum Gasteiger partial charge on any atom is 0.163 e. The number of hydrogen-bond acceptors (Lipinski definition) is 2. The molecule has 0 saturated heterocycles. The quantitative estimate of drug-likeness (QED) is 0.721. The van der Waals surface area contributed by atoms with Gasteiger partial charge in [0.25, 0.3) is 0 Å². The molecular formula is C13H12ClFN4. The number of hydrogen-bond donors (Lipinski definition) is 0. The standard InChI is InChI=1S/C13H12ClFN4/c1-3-19-7-9(14)12(17-19)13-16-10-5-4-8(15)6-11(10)18(13)2/h4-7H,3H2,1-2H3. The molecule has 3 rings (SSSR count). The fourth-order valence-corrected chi connectivity index (χ4v) is 2.32. The highest BCUT2D eigenvalue weighted by Crippen LogP contribution is 2.28. The average Bonchev–Trinajstić information content (AvgIpc) is 2.91. The molecule has 0 unspecified atom stereocenters. The number of benzene rings is 1. The summed E-state index contributed by atoms with van der Waals surface area (Å²) in [6.45, 7) is 2.72. The Kier molecular flexibility index (Phi) is 2.78. The van der Waals surface area contributed by atoms with Crippen molar-refractivity contribution in [2.75, 3.05) is 0 Å². The van der Waals surface area contributed by atoms with Crippen molar-refractivity contribution in [3.63, 3.8) is 0 Å². The summed E-state index contributed by atoms with van der Waals surface area (Å²) in [4.78, 5) is 4.47. The second-order valence-corrected chi connectivity index (χ2v) is 4.72. The van der Waals surface area contributed by atoms with E-state index in [-0.39, 0.29) is 5.82 Å². The maximum absolute atomic E-state index is 13.3. The molecule has 4 nitrogen and oxygen atoms in total. The van der Waals surface area contributed by atoms with E-state index < -0.39 is 0 Å². The predicted molar refractivity (Wildman–Crippen MR) is 72.6 cm³/mol. The summed E-state index contributed by atoms with van der Waals surface area (Å²) in [7, 11) is 1.82. The minimum atomic E-state index is -0.285. The van der Waals surface area contributed by atoms with Crippen molar-refractivity contribution in [1.29, 1.82) is 0 Å². The van der Waals surface area contributed by atoms with Crippen LogP contribution in [0.15, 0.2) is 24.4 Å². The Morgan fingerprint density at radius 3 is 2.84 bits per heavy atom. The van der Waals surface area contributed by atoms with Crippen LogP contribution in [0.5, 0.6) is 0 Å². The number of aryl methyl sites for hydroxylation is 2. The molecule has 6 heteroatoms. The largest absolute Gasteiger partial charge is 0.326 e. The molecule has 1 aromatic carbocycles. The Labute approximate surface area is 114 Å². The Bertz CT molecular complexity index is 759. The molecule has 0 atom stereocenters. The van der Waals surface area contributed by atoms with Gasteiger partial charge in [0.15, 0.2) is 5.82 Å². The van der Waals surface area contributed by atoms with E-state index in [1.807, 2.05) is 14.0 Å². The first-order chi connectivity index (χ1) is 9.10. The van der Waals surface area contributed by atoms with Crippen LogP contribution in [0, 0.1) is 5.82 Å². The number of halogens is 2. The summed E-state index contributed by atoms with van der Waals surface area (Å²) in [5.41, 5.74) is 2.06.